The second kappa shape index (κ2) is 10.0. The number of amides is 3. The molecule has 3 fully saturated rings. The molecule has 5 N–H and O–H groups in total. The van der Waals surface area contributed by atoms with E-state index in [2.05, 4.69) is 15.5 Å². The number of nitrogens with two attached hydrogens (primary N) is 1. The predicted octanol–water partition coefficient (Wildman–Crippen LogP) is 1.62. The number of anilines is 1. The Morgan fingerprint density at radius 3 is 2.34 bits per heavy atom. The number of likely N-dealkylation sites (tertiary alicyclic amines) is 1. The molecule has 10 nitrogen and oxygen atoms in total. The zero-order valence-corrected chi connectivity index (χ0v) is 19.5. The first-order chi connectivity index (χ1) is 16.4. The van der Waals surface area contributed by atoms with Crippen molar-refractivity contribution in [2.45, 2.75) is 62.1 Å². The zero-order valence-electron chi connectivity index (χ0n) is 19.5. The van der Waals surface area contributed by atoms with Gasteiger partial charge in [0, 0.05) is 25.2 Å². The molecule has 1 atom stereocenters. The summed E-state index contributed by atoms with van der Waals surface area (Å²) in [7, 11) is 0. The fourth-order valence-corrected chi connectivity index (χ4v) is 4.30. The van der Waals surface area contributed by atoms with Crippen LogP contribution in [-0.2, 0) is 9.59 Å². The molecular formula is C23H30F2N6O4. The van der Waals surface area contributed by atoms with E-state index in [1.807, 2.05) is 36.4 Å². The quantitative estimate of drug-likeness (QED) is 0.487. The van der Waals surface area contributed by atoms with E-state index in [9.17, 15) is 23.2 Å². The maximum absolute atomic E-state index is 12.5. The van der Waals surface area contributed by atoms with Crippen molar-refractivity contribution in [3.05, 3.63) is 30.3 Å². The minimum absolute atomic E-state index is 0.00592. The standard InChI is InChI=1S/C14H17N3O3.C9H13F2N3O/c18-12-14(6-8-16(9-7-14)13(19)20)17(10-15-12)11-4-2-1-3-5-11;1-8(10,11)4-6(13)7(15)14-9(5-12)2-3-9/h1-5H,6-10H2,(H,15,18)(H,19,20);6H,2-4,13H2,1H3,(H,14,15)/t;6-/m.0/s1. The Balaban J connectivity index is 0.000000205. The number of rotatable bonds is 5. The second-order valence-electron chi connectivity index (χ2n) is 9.29. The number of nitrogens with one attached hydrogen (secondary N) is 2. The number of carbonyl (C=O) groups excluding carboxylic acids is 2. The lowest BCUT2D eigenvalue weighted by atomic mass is 9.86. The van der Waals surface area contributed by atoms with Crippen LogP contribution in [0.25, 0.3) is 0 Å². The number of hydrogen-bond acceptors (Lipinski definition) is 6. The summed E-state index contributed by atoms with van der Waals surface area (Å²) in [6.45, 7) is 1.98. The largest absolute Gasteiger partial charge is 0.465 e. The van der Waals surface area contributed by atoms with Crippen LogP contribution < -0.4 is 21.3 Å². The summed E-state index contributed by atoms with van der Waals surface area (Å²) < 4.78 is 25.1. The Morgan fingerprint density at radius 2 is 1.86 bits per heavy atom. The summed E-state index contributed by atoms with van der Waals surface area (Å²) in [5.74, 6) is -3.65. The molecule has 1 aromatic carbocycles. The fourth-order valence-electron chi connectivity index (χ4n) is 4.30. The fraction of sp³-hybridized carbons (Fsp3) is 0.565. The summed E-state index contributed by atoms with van der Waals surface area (Å²) in [4.78, 5) is 38.0. The van der Waals surface area contributed by atoms with Crippen molar-refractivity contribution in [2.75, 3.05) is 24.7 Å². The van der Waals surface area contributed by atoms with Crippen molar-refractivity contribution < 1.29 is 28.3 Å². The zero-order chi connectivity index (χ0) is 25.9. The van der Waals surface area contributed by atoms with Gasteiger partial charge < -0.3 is 31.3 Å². The van der Waals surface area contributed by atoms with Crippen molar-refractivity contribution in [3.63, 3.8) is 0 Å². The molecule has 1 saturated carbocycles. The van der Waals surface area contributed by atoms with Crippen LogP contribution in [0, 0.1) is 11.3 Å². The van der Waals surface area contributed by atoms with Gasteiger partial charge >= 0.3 is 6.09 Å². The van der Waals surface area contributed by atoms with E-state index in [1.54, 1.807) is 0 Å². The lowest BCUT2D eigenvalue weighted by molar-refractivity contribution is -0.125. The Labute approximate surface area is 202 Å². The topological polar surface area (TPSA) is 152 Å². The van der Waals surface area contributed by atoms with Crippen molar-refractivity contribution in [1.29, 1.82) is 5.26 Å². The van der Waals surface area contributed by atoms with E-state index in [1.165, 1.54) is 4.90 Å². The van der Waals surface area contributed by atoms with Crippen molar-refractivity contribution >= 4 is 23.6 Å². The molecule has 4 rings (SSSR count). The van der Waals surface area contributed by atoms with Gasteiger partial charge in [0.1, 0.15) is 11.1 Å². The summed E-state index contributed by atoms with van der Waals surface area (Å²) in [6, 6.07) is 10.4. The Bertz CT molecular complexity index is 982. The predicted molar refractivity (Wildman–Crippen MR) is 122 cm³/mol. The first-order valence-corrected chi connectivity index (χ1v) is 11.4. The number of carboxylic acid groups (broad SMARTS) is 1. The smallest absolute Gasteiger partial charge is 0.407 e. The van der Waals surface area contributed by atoms with Crippen molar-refractivity contribution in [3.8, 4) is 6.07 Å². The van der Waals surface area contributed by atoms with Gasteiger partial charge in [-0.1, -0.05) is 18.2 Å². The van der Waals surface area contributed by atoms with Gasteiger partial charge in [-0.3, -0.25) is 9.59 Å². The average molecular weight is 493 g/mol. The van der Waals surface area contributed by atoms with E-state index in [4.69, 9.17) is 16.1 Å². The molecule has 1 aliphatic carbocycles. The molecule has 1 spiro atoms. The van der Waals surface area contributed by atoms with E-state index >= 15 is 0 Å². The molecule has 35 heavy (non-hydrogen) atoms. The molecule has 12 heteroatoms. The highest BCUT2D eigenvalue weighted by molar-refractivity contribution is 5.93. The first-order valence-electron chi connectivity index (χ1n) is 11.4. The molecule has 3 amide bonds. The average Bonchev–Trinajstić information content (AvgIpc) is 3.52. The SMILES string of the molecule is CC(F)(F)C[C@H](N)C(=O)NC1(C#N)CC1.O=C(O)N1CCC2(CC1)C(=O)NCN2c1ccccc1. The third kappa shape index (κ3) is 6.16. The van der Waals surface area contributed by atoms with Gasteiger partial charge in [0.15, 0.2) is 0 Å². The van der Waals surface area contributed by atoms with E-state index in [0.717, 1.165) is 5.69 Å². The van der Waals surface area contributed by atoms with Gasteiger partial charge in [0.25, 0.3) is 0 Å². The molecule has 0 bridgehead atoms. The van der Waals surface area contributed by atoms with Gasteiger partial charge in [-0.25, -0.2) is 13.6 Å². The van der Waals surface area contributed by atoms with Crippen LogP contribution in [0.15, 0.2) is 30.3 Å². The molecule has 3 aliphatic rings. The molecule has 1 aromatic rings. The van der Waals surface area contributed by atoms with Crippen LogP contribution in [0.2, 0.25) is 0 Å². The monoisotopic (exact) mass is 492 g/mol. The number of halogens is 2. The number of benzene rings is 1. The number of carbonyl (C=O) groups is 3. The lowest BCUT2D eigenvalue weighted by Crippen LogP contribution is -2.57. The van der Waals surface area contributed by atoms with Crippen molar-refractivity contribution in [2.24, 2.45) is 5.73 Å². The molecule has 0 aromatic heterocycles. The number of nitriles is 1. The minimum Gasteiger partial charge on any atom is -0.465 e. The van der Waals surface area contributed by atoms with Gasteiger partial charge in [-0.15, -0.1) is 0 Å². The molecule has 2 saturated heterocycles. The van der Waals surface area contributed by atoms with Crippen LogP contribution in [0.1, 0.15) is 39.0 Å². The summed E-state index contributed by atoms with van der Waals surface area (Å²) in [5, 5.41) is 23.0. The molecule has 0 unspecified atom stereocenters. The number of para-hydroxylation sites is 1. The second-order valence-corrected chi connectivity index (χ2v) is 9.29. The maximum atomic E-state index is 12.5. The van der Waals surface area contributed by atoms with Crippen LogP contribution in [0.4, 0.5) is 19.3 Å². The number of alkyl halides is 2. The van der Waals surface area contributed by atoms with E-state index in [0.29, 0.717) is 52.4 Å². The Kier molecular flexibility index (Phi) is 7.50. The molecular weight excluding hydrogens is 462 g/mol. The van der Waals surface area contributed by atoms with Crippen LogP contribution in [0.5, 0.6) is 0 Å². The third-order valence-electron chi connectivity index (χ3n) is 6.51. The number of piperidine rings is 1. The highest BCUT2D eigenvalue weighted by Gasteiger charge is 2.51. The van der Waals surface area contributed by atoms with Gasteiger partial charge in [0.2, 0.25) is 17.7 Å². The Morgan fingerprint density at radius 1 is 1.26 bits per heavy atom. The molecule has 0 radical (unpaired) electrons. The van der Waals surface area contributed by atoms with Crippen LogP contribution >= 0.6 is 0 Å². The Hall–Kier alpha value is -3.46. The number of nitrogens with zero attached hydrogens (tertiary/aromatic N) is 3. The van der Waals surface area contributed by atoms with Gasteiger partial charge in [0.05, 0.1) is 18.8 Å². The normalized spacial score (nSPS) is 20.7. The van der Waals surface area contributed by atoms with Gasteiger partial charge in [-0.05, 0) is 44.7 Å². The molecule has 190 valence electrons. The van der Waals surface area contributed by atoms with Crippen molar-refractivity contribution in [1.82, 2.24) is 15.5 Å². The third-order valence-corrected chi connectivity index (χ3v) is 6.51. The summed E-state index contributed by atoms with van der Waals surface area (Å²) in [5.41, 5.74) is 4.83. The van der Waals surface area contributed by atoms with E-state index < -0.39 is 41.5 Å². The highest BCUT2D eigenvalue weighted by Crippen LogP contribution is 2.36. The van der Waals surface area contributed by atoms with Gasteiger partial charge in [-0.2, -0.15) is 5.26 Å². The van der Waals surface area contributed by atoms with E-state index in [-0.39, 0.29) is 5.91 Å². The first kappa shape index (κ1) is 26.2. The molecule has 2 aliphatic heterocycles. The number of hydrogen-bond donors (Lipinski definition) is 4. The minimum atomic E-state index is -2.97. The lowest BCUT2D eigenvalue weighted by Gasteiger charge is -2.42. The summed E-state index contributed by atoms with van der Waals surface area (Å²) in [6.07, 6.45) is 0.555. The maximum Gasteiger partial charge on any atom is 0.407 e. The summed E-state index contributed by atoms with van der Waals surface area (Å²) >= 11 is 0. The van der Waals surface area contributed by atoms with Crippen LogP contribution in [-0.4, -0.2) is 70.7 Å². The molecule has 2 heterocycles. The highest BCUT2D eigenvalue weighted by atomic mass is 19.3. The van der Waals surface area contributed by atoms with Crippen LogP contribution in [0.3, 0.4) is 0 Å².